The Morgan fingerprint density at radius 1 is 1.50 bits per heavy atom. The molecule has 5 heteroatoms. The van der Waals surface area contributed by atoms with Gasteiger partial charge in [-0.2, -0.15) is 4.72 Å². The Kier molecular flexibility index (Phi) is 4.65. The highest BCUT2D eigenvalue weighted by atomic mass is 32.2. The molecular weight excluding hydrogens is 250 g/mol. The van der Waals surface area contributed by atoms with E-state index < -0.39 is 16.1 Å². The van der Waals surface area contributed by atoms with Crippen molar-refractivity contribution in [3.63, 3.8) is 0 Å². The number of hydrogen-bond donors (Lipinski definition) is 1. The molecule has 0 saturated heterocycles. The molecule has 1 unspecified atom stereocenters. The molecule has 0 amide bonds. The van der Waals surface area contributed by atoms with E-state index in [1.165, 1.54) is 25.1 Å². The fourth-order valence-corrected chi connectivity index (χ4v) is 2.66. The molecule has 0 bridgehead atoms. The van der Waals surface area contributed by atoms with Crippen molar-refractivity contribution in [2.75, 3.05) is 0 Å². The van der Waals surface area contributed by atoms with Crippen molar-refractivity contribution in [3.8, 4) is 12.3 Å². The molecule has 0 aliphatic heterocycles. The van der Waals surface area contributed by atoms with E-state index in [1.54, 1.807) is 13.0 Å². The summed E-state index contributed by atoms with van der Waals surface area (Å²) in [6.45, 7) is 3.18. The van der Waals surface area contributed by atoms with E-state index in [4.69, 9.17) is 6.42 Å². The van der Waals surface area contributed by atoms with E-state index >= 15 is 0 Å². The van der Waals surface area contributed by atoms with Gasteiger partial charge in [-0.15, -0.1) is 6.42 Å². The van der Waals surface area contributed by atoms with E-state index in [1.807, 2.05) is 0 Å². The summed E-state index contributed by atoms with van der Waals surface area (Å²) in [5.41, 5.74) is 0.353. The van der Waals surface area contributed by atoms with Crippen molar-refractivity contribution in [2.45, 2.75) is 31.2 Å². The van der Waals surface area contributed by atoms with Crippen molar-refractivity contribution in [1.29, 1.82) is 0 Å². The Balaban J connectivity index is 3.10. The average Bonchev–Trinajstić information content (AvgIpc) is 2.36. The van der Waals surface area contributed by atoms with Gasteiger partial charge in [-0.05, 0) is 25.5 Å². The molecule has 0 aromatic heterocycles. The number of carbonyl (C=O) groups is 1. The third-order valence-corrected chi connectivity index (χ3v) is 3.93. The molecule has 1 aromatic rings. The lowest BCUT2D eigenvalue weighted by molar-refractivity contribution is 0.101. The van der Waals surface area contributed by atoms with Crippen LogP contribution in [0.2, 0.25) is 0 Å². The van der Waals surface area contributed by atoms with E-state index in [9.17, 15) is 13.2 Å². The van der Waals surface area contributed by atoms with Crippen molar-refractivity contribution in [3.05, 3.63) is 29.8 Å². The smallest absolute Gasteiger partial charge is 0.241 e. The van der Waals surface area contributed by atoms with Crippen molar-refractivity contribution in [2.24, 2.45) is 0 Å². The molecule has 0 saturated carbocycles. The second-order valence-corrected chi connectivity index (χ2v) is 5.55. The molecule has 18 heavy (non-hydrogen) atoms. The SMILES string of the molecule is C#CC(CC)NS(=O)(=O)c1cccc(C(C)=O)c1. The zero-order valence-corrected chi connectivity index (χ0v) is 11.1. The van der Waals surface area contributed by atoms with E-state index in [0.717, 1.165) is 0 Å². The lowest BCUT2D eigenvalue weighted by atomic mass is 10.2. The topological polar surface area (TPSA) is 63.2 Å². The van der Waals surface area contributed by atoms with Gasteiger partial charge in [0, 0.05) is 5.56 Å². The molecule has 0 aliphatic rings. The largest absolute Gasteiger partial charge is 0.295 e. The summed E-state index contributed by atoms with van der Waals surface area (Å²) in [5.74, 6) is 2.17. The number of nitrogens with one attached hydrogen (secondary N) is 1. The molecule has 0 aliphatic carbocycles. The van der Waals surface area contributed by atoms with Gasteiger partial charge in [-0.1, -0.05) is 25.0 Å². The second-order valence-electron chi connectivity index (χ2n) is 3.83. The third-order valence-electron chi connectivity index (χ3n) is 2.46. The summed E-state index contributed by atoms with van der Waals surface area (Å²) in [7, 11) is -3.68. The number of carbonyl (C=O) groups excluding carboxylic acids is 1. The lowest BCUT2D eigenvalue weighted by Gasteiger charge is -2.11. The first-order valence-corrected chi connectivity index (χ1v) is 6.98. The fourth-order valence-electron chi connectivity index (χ4n) is 1.37. The normalized spacial score (nSPS) is 12.7. The Labute approximate surface area is 107 Å². The lowest BCUT2D eigenvalue weighted by Crippen LogP contribution is -2.33. The Hall–Kier alpha value is -1.64. The number of benzene rings is 1. The van der Waals surface area contributed by atoms with E-state index in [-0.39, 0.29) is 10.7 Å². The highest BCUT2D eigenvalue weighted by Gasteiger charge is 2.18. The Bertz CT molecular complexity index is 584. The summed E-state index contributed by atoms with van der Waals surface area (Å²) in [6.07, 6.45) is 5.72. The number of Topliss-reactive ketones (excluding diaryl/α,β-unsaturated/α-hetero) is 1. The summed E-state index contributed by atoms with van der Waals surface area (Å²) in [5, 5.41) is 0. The minimum atomic E-state index is -3.68. The number of terminal acetylenes is 1. The van der Waals surface area contributed by atoms with Gasteiger partial charge in [-0.3, -0.25) is 4.79 Å². The van der Waals surface area contributed by atoms with Gasteiger partial charge >= 0.3 is 0 Å². The van der Waals surface area contributed by atoms with Gasteiger partial charge in [0.1, 0.15) is 0 Å². The number of rotatable bonds is 5. The number of hydrogen-bond acceptors (Lipinski definition) is 3. The van der Waals surface area contributed by atoms with Crippen LogP contribution in [0.25, 0.3) is 0 Å². The predicted octanol–water partition coefficient (Wildman–Crippen LogP) is 1.58. The maximum absolute atomic E-state index is 12.0. The van der Waals surface area contributed by atoms with Crippen molar-refractivity contribution in [1.82, 2.24) is 4.72 Å². The van der Waals surface area contributed by atoms with Crippen LogP contribution in [0.4, 0.5) is 0 Å². The summed E-state index contributed by atoms with van der Waals surface area (Å²) >= 11 is 0. The maximum atomic E-state index is 12.0. The standard InChI is InChI=1S/C13H15NO3S/c1-4-12(5-2)14-18(16,17)13-8-6-7-11(9-13)10(3)15/h1,6-9,12,14H,5H2,2-3H3. The van der Waals surface area contributed by atoms with E-state index in [0.29, 0.717) is 12.0 Å². The van der Waals surface area contributed by atoms with Crippen LogP contribution in [0.1, 0.15) is 30.6 Å². The van der Waals surface area contributed by atoms with Crippen LogP contribution in [0.5, 0.6) is 0 Å². The zero-order chi connectivity index (χ0) is 13.8. The van der Waals surface area contributed by atoms with Crippen LogP contribution in [0.15, 0.2) is 29.2 Å². The van der Waals surface area contributed by atoms with Gasteiger partial charge in [-0.25, -0.2) is 8.42 Å². The minimum Gasteiger partial charge on any atom is -0.295 e. The molecule has 1 rings (SSSR count). The van der Waals surface area contributed by atoms with Gasteiger partial charge in [0.15, 0.2) is 5.78 Å². The molecule has 0 fully saturated rings. The number of sulfonamides is 1. The van der Waals surface area contributed by atoms with Crippen LogP contribution in [0, 0.1) is 12.3 Å². The zero-order valence-electron chi connectivity index (χ0n) is 10.3. The van der Waals surface area contributed by atoms with Gasteiger partial charge in [0.2, 0.25) is 10.0 Å². The van der Waals surface area contributed by atoms with Crippen LogP contribution in [-0.2, 0) is 10.0 Å². The van der Waals surface area contributed by atoms with Crippen molar-refractivity contribution >= 4 is 15.8 Å². The maximum Gasteiger partial charge on any atom is 0.241 e. The first-order chi connectivity index (χ1) is 8.40. The Morgan fingerprint density at radius 3 is 2.67 bits per heavy atom. The Morgan fingerprint density at radius 2 is 2.17 bits per heavy atom. The van der Waals surface area contributed by atoms with Crippen LogP contribution in [-0.4, -0.2) is 20.2 Å². The summed E-state index contributed by atoms with van der Waals surface area (Å²) in [6, 6.07) is 5.32. The van der Waals surface area contributed by atoms with Gasteiger partial charge in [0.05, 0.1) is 10.9 Å². The first kappa shape index (κ1) is 14.4. The average molecular weight is 265 g/mol. The van der Waals surface area contributed by atoms with Gasteiger partial charge < -0.3 is 0 Å². The highest BCUT2D eigenvalue weighted by molar-refractivity contribution is 7.89. The van der Waals surface area contributed by atoms with E-state index in [2.05, 4.69) is 10.6 Å². The highest BCUT2D eigenvalue weighted by Crippen LogP contribution is 2.12. The molecule has 0 spiro atoms. The molecular formula is C13H15NO3S. The first-order valence-electron chi connectivity index (χ1n) is 5.50. The van der Waals surface area contributed by atoms with Crippen LogP contribution < -0.4 is 4.72 Å². The molecule has 96 valence electrons. The number of ketones is 1. The third kappa shape index (κ3) is 3.42. The van der Waals surface area contributed by atoms with Crippen LogP contribution in [0.3, 0.4) is 0 Å². The molecule has 1 atom stereocenters. The van der Waals surface area contributed by atoms with Crippen molar-refractivity contribution < 1.29 is 13.2 Å². The second kappa shape index (κ2) is 5.80. The van der Waals surface area contributed by atoms with Gasteiger partial charge in [0.25, 0.3) is 0 Å². The molecule has 0 radical (unpaired) electrons. The minimum absolute atomic E-state index is 0.0453. The monoisotopic (exact) mass is 265 g/mol. The summed E-state index contributed by atoms with van der Waals surface area (Å²) in [4.78, 5) is 11.3. The quantitative estimate of drug-likeness (QED) is 0.649. The molecule has 1 N–H and O–H groups in total. The summed E-state index contributed by atoms with van der Waals surface area (Å²) < 4.78 is 26.4. The fraction of sp³-hybridized carbons (Fsp3) is 0.308. The molecule has 1 aromatic carbocycles. The molecule has 0 heterocycles. The molecule has 4 nitrogen and oxygen atoms in total. The predicted molar refractivity (Wildman–Crippen MR) is 69.7 cm³/mol. The van der Waals surface area contributed by atoms with Crippen LogP contribution >= 0.6 is 0 Å².